The van der Waals surface area contributed by atoms with Crippen molar-refractivity contribution in [2.45, 2.75) is 51.5 Å². The predicted molar refractivity (Wildman–Crippen MR) is 88.0 cm³/mol. The molecule has 0 radical (unpaired) electrons. The van der Waals surface area contributed by atoms with Crippen LogP contribution < -0.4 is 4.90 Å². The van der Waals surface area contributed by atoms with Crippen molar-refractivity contribution in [3.8, 4) is 0 Å². The van der Waals surface area contributed by atoms with Crippen molar-refractivity contribution in [2.24, 2.45) is 11.8 Å². The first-order valence-electron chi connectivity index (χ1n) is 8.75. The number of aromatic amines is 1. The standard InChI is InChI=1S/C17H25N3O4/c1-11-2-4-12(5-3-11)16(21)20(13-6-8-24-9-7-13)15-14(17(22)23)10-18-19-15/h10-13H,2-9H2,1H3,(H,18,19)(H,22,23). The van der Waals surface area contributed by atoms with Crippen LogP contribution in [0.5, 0.6) is 0 Å². The van der Waals surface area contributed by atoms with E-state index in [9.17, 15) is 14.7 Å². The molecule has 0 unspecified atom stereocenters. The Balaban J connectivity index is 1.88. The fourth-order valence-corrected chi connectivity index (χ4v) is 3.74. The number of carboxylic acids is 1. The van der Waals surface area contributed by atoms with Crippen molar-refractivity contribution in [3.05, 3.63) is 11.8 Å². The van der Waals surface area contributed by atoms with E-state index in [1.165, 1.54) is 6.20 Å². The van der Waals surface area contributed by atoms with E-state index in [1.807, 2.05) is 0 Å². The first-order valence-corrected chi connectivity index (χ1v) is 8.75. The lowest BCUT2D eigenvalue weighted by atomic mass is 9.82. The second-order valence-electron chi connectivity index (χ2n) is 6.95. The highest BCUT2D eigenvalue weighted by Crippen LogP contribution is 2.33. The van der Waals surface area contributed by atoms with E-state index >= 15 is 0 Å². The largest absolute Gasteiger partial charge is 0.477 e. The number of anilines is 1. The van der Waals surface area contributed by atoms with Gasteiger partial charge in [0, 0.05) is 25.2 Å². The molecule has 1 aromatic rings. The molecule has 0 spiro atoms. The molecule has 7 heteroatoms. The molecule has 0 atom stereocenters. The molecule has 2 heterocycles. The van der Waals surface area contributed by atoms with Gasteiger partial charge in [-0.3, -0.25) is 14.8 Å². The smallest absolute Gasteiger partial charge is 0.341 e. The summed E-state index contributed by atoms with van der Waals surface area (Å²) in [6, 6.07) is -0.0378. The molecular formula is C17H25N3O4. The van der Waals surface area contributed by atoms with Gasteiger partial charge in [0.2, 0.25) is 5.91 Å². The molecule has 3 rings (SSSR count). The van der Waals surface area contributed by atoms with Gasteiger partial charge in [-0.15, -0.1) is 0 Å². The number of aromatic carboxylic acids is 1. The molecule has 132 valence electrons. The van der Waals surface area contributed by atoms with Crippen molar-refractivity contribution >= 4 is 17.7 Å². The molecular weight excluding hydrogens is 310 g/mol. The van der Waals surface area contributed by atoms with Crippen LogP contribution in [0.25, 0.3) is 0 Å². The van der Waals surface area contributed by atoms with E-state index in [0.29, 0.717) is 37.8 Å². The van der Waals surface area contributed by atoms with Crippen molar-refractivity contribution in [3.63, 3.8) is 0 Å². The first kappa shape index (κ1) is 17.0. The summed E-state index contributed by atoms with van der Waals surface area (Å²) in [4.78, 5) is 26.4. The molecule has 1 amide bonds. The van der Waals surface area contributed by atoms with Crippen LogP contribution in [0.4, 0.5) is 5.82 Å². The highest BCUT2D eigenvalue weighted by molar-refractivity contribution is 6.01. The zero-order valence-electron chi connectivity index (χ0n) is 14.0. The summed E-state index contributed by atoms with van der Waals surface area (Å²) in [6.07, 6.45) is 6.55. The molecule has 1 aliphatic carbocycles. The second-order valence-corrected chi connectivity index (χ2v) is 6.95. The van der Waals surface area contributed by atoms with Crippen molar-refractivity contribution in [1.82, 2.24) is 10.2 Å². The number of ether oxygens (including phenoxy) is 1. The summed E-state index contributed by atoms with van der Waals surface area (Å²) in [6.45, 7) is 3.40. The molecule has 1 saturated heterocycles. The van der Waals surface area contributed by atoms with E-state index in [4.69, 9.17) is 4.74 Å². The number of rotatable bonds is 4. The minimum absolute atomic E-state index is 0.0283. The van der Waals surface area contributed by atoms with Gasteiger partial charge in [0.1, 0.15) is 11.4 Å². The molecule has 0 aromatic carbocycles. The van der Waals surface area contributed by atoms with E-state index in [1.54, 1.807) is 4.90 Å². The first-order chi connectivity index (χ1) is 11.6. The SMILES string of the molecule is CC1CCC(C(=O)N(c2[nH]ncc2C(=O)O)C2CCOCC2)CC1. The summed E-state index contributed by atoms with van der Waals surface area (Å²) >= 11 is 0. The third-order valence-corrected chi connectivity index (χ3v) is 5.25. The number of nitrogens with zero attached hydrogens (tertiary/aromatic N) is 2. The number of amides is 1. The van der Waals surface area contributed by atoms with E-state index < -0.39 is 5.97 Å². The van der Waals surface area contributed by atoms with Crippen LogP contribution in [0.3, 0.4) is 0 Å². The van der Waals surface area contributed by atoms with Crippen LogP contribution in [0, 0.1) is 11.8 Å². The predicted octanol–water partition coefficient (Wildman–Crippen LogP) is 2.45. The average Bonchev–Trinajstić information content (AvgIpc) is 3.06. The number of hydrogen-bond donors (Lipinski definition) is 2. The third kappa shape index (κ3) is 3.45. The Morgan fingerprint density at radius 1 is 1.21 bits per heavy atom. The topological polar surface area (TPSA) is 95.5 Å². The van der Waals surface area contributed by atoms with E-state index in [0.717, 1.165) is 25.7 Å². The fraction of sp³-hybridized carbons (Fsp3) is 0.706. The Labute approximate surface area is 141 Å². The van der Waals surface area contributed by atoms with Crippen LogP contribution >= 0.6 is 0 Å². The Bertz CT molecular complexity index is 586. The third-order valence-electron chi connectivity index (χ3n) is 5.25. The number of carbonyl (C=O) groups is 2. The maximum Gasteiger partial charge on any atom is 0.341 e. The molecule has 2 aliphatic rings. The minimum atomic E-state index is -1.07. The number of carboxylic acid groups (broad SMARTS) is 1. The molecule has 1 aromatic heterocycles. The van der Waals surface area contributed by atoms with Crippen molar-refractivity contribution < 1.29 is 19.4 Å². The van der Waals surface area contributed by atoms with Crippen LogP contribution in [0.2, 0.25) is 0 Å². The lowest BCUT2D eigenvalue weighted by molar-refractivity contribution is -0.124. The molecule has 24 heavy (non-hydrogen) atoms. The maximum absolute atomic E-state index is 13.2. The Kier molecular flexibility index (Phi) is 5.18. The van der Waals surface area contributed by atoms with Gasteiger partial charge in [-0.25, -0.2) is 4.79 Å². The van der Waals surface area contributed by atoms with Gasteiger partial charge in [-0.05, 0) is 44.4 Å². The molecule has 1 aliphatic heterocycles. The summed E-state index contributed by atoms with van der Waals surface area (Å²) in [7, 11) is 0. The highest BCUT2D eigenvalue weighted by Gasteiger charge is 2.36. The number of hydrogen-bond acceptors (Lipinski definition) is 4. The fourth-order valence-electron chi connectivity index (χ4n) is 3.74. The van der Waals surface area contributed by atoms with E-state index in [2.05, 4.69) is 17.1 Å². The van der Waals surface area contributed by atoms with Crippen molar-refractivity contribution in [2.75, 3.05) is 18.1 Å². The number of carbonyl (C=O) groups excluding carboxylic acids is 1. The number of aromatic nitrogens is 2. The Morgan fingerprint density at radius 2 is 1.88 bits per heavy atom. The van der Waals surface area contributed by atoms with E-state index in [-0.39, 0.29) is 23.4 Å². The maximum atomic E-state index is 13.2. The van der Waals surface area contributed by atoms with Crippen LogP contribution in [0.1, 0.15) is 55.8 Å². The van der Waals surface area contributed by atoms with Gasteiger partial charge in [0.15, 0.2) is 0 Å². The lowest BCUT2D eigenvalue weighted by Crippen LogP contribution is -2.47. The summed E-state index contributed by atoms with van der Waals surface area (Å²) in [5, 5.41) is 16.0. The highest BCUT2D eigenvalue weighted by atomic mass is 16.5. The van der Waals surface area contributed by atoms with Crippen LogP contribution in [-0.2, 0) is 9.53 Å². The van der Waals surface area contributed by atoms with Gasteiger partial charge in [-0.2, -0.15) is 5.10 Å². The normalized spacial score (nSPS) is 25.4. The average molecular weight is 335 g/mol. The lowest BCUT2D eigenvalue weighted by Gasteiger charge is -2.37. The number of H-pyrrole nitrogens is 1. The van der Waals surface area contributed by atoms with Gasteiger partial charge >= 0.3 is 5.97 Å². The monoisotopic (exact) mass is 335 g/mol. The van der Waals surface area contributed by atoms with Crippen molar-refractivity contribution in [1.29, 1.82) is 0 Å². The molecule has 2 N–H and O–H groups in total. The summed E-state index contributed by atoms with van der Waals surface area (Å²) in [5.74, 6) is -0.0965. The quantitative estimate of drug-likeness (QED) is 0.881. The van der Waals surface area contributed by atoms with Gasteiger partial charge in [0.25, 0.3) is 0 Å². The molecule has 1 saturated carbocycles. The van der Waals surface area contributed by atoms with Crippen LogP contribution in [-0.4, -0.2) is 46.4 Å². The molecule has 0 bridgehead atoms. The summed E-state index contributed by atoms with van der Waals surface area (Å²) < 4.78 is 5.40. The zero-order chi connectivity index (χ0) is 17.1. The van der Waals surface area contributed by atoms with Gasteiger partial charge in [0.05, 0.1) is 6.20 Å². The van der Waals surface area contributed by atoms with Gasteiger partial charge in [-0.1, -0.05) is 6.92 Å². The van der Waals surface area contributed by atoms with Gasteiger partial charge < -0.3 is 9.84 Å². The Morgan fingerprint density at radius 3 is 2.50 bits per heavy atom. The van der Waals surface area contributed by atoms with Crippen LogP contribution in [0.15, 0.2) is 6.20 Å². The minimum Gasteiger partial charge on any atom is -0.477 e. The Hall–Kier alpha value is -1.89. The molecule has 7 nitrogen and oxygen atoms in total. The summed E-state index contributed by atoms with van der Waals surface area (Å²) in [5.41, 5.74) is 0.0546. The molecule has 2 fully saturated rings. The second kappa shape index (κ2) is 7.34. The zero-order valence-corrected chi connectivity index (χ0v) is 14.0. The number of nitrogens with one attached hydrogen (secondary N) is 1.